The van der Waals surface area contributed by atoms with Gasteiger partial charge in [0, 0.05) is 23.8 Å². The van der Waals surface area contributed by atoms with Crippen LogP contribution in [-0.4, -0.2) is 39.5 Å². The van der Waals surface area contributed by atoms with E-state index in [1.165, 1.54) is 12.3 Å². The number of nitrogens with one attached hydrogen (secondary N) is 2. The van der Waals surface area contributed by atoms with Crippen LogP contribution in [0.25, 0.3) is 22.3 Å². The van der Waals surface area contributed by atoms with Crippen molar-refractivity contribution in [3.63, 3.8) is 0 Å². The minimum Gasteiger partial charge on any atom is -0.510 e. The Bertz CT molecular complexity index is 2730. The summed E-state index contributed by atoms with van der Waals surface area (Å²) in [7, 11) is 1.11. The minimum absolute atomic E-state index is 0.00771. The normalized spacial score (nSPS) is 16.8. The largest absolute Gasteiger partial charge is 0.510 e. The first-order chi connectivity index (χ1) is 22.5. The highest BCUT2D eigenvalue weighted by molar-refractivity contribution is 5.96. The number of carbonyl (C=O) groups is 1. The van der Waals surface area contributed by atoms with Crippen molar-refractivity contribution in [3.05, 3.63) is 138 Å². The molecule has 0 fully saturated rings. The molecule has 14 heteroatoms. The number of hydrazone groups is 1. The summed E-state index contributed by atoms with van der Waals surface area (Å²) in [6.45, 7) is 0.00771. The average molecular weight is 636 g/mol. The summed E-state index contributed by atoms with van der Waals surface area (Å²) in [6.07, 6.45) is 4.64. The Morgan fingerprint density at radius 3 is 2.32 bits per heavy atom. The van der Waals surface area contributed by atoms with Gasteiger partial charge < -0.3 is 25.0 Å². The molecular formula is C33H23N4O10+. The first kappa shape index (κ1) is 29.3. The summed E-state index contributed by atoms with van der Waals surface area (Å²) in [5.74, 6) is -3.07. The lowest BCUT2D eigenvalue weighted by molar-refractivity contribution is -0.684. The Balaban J connectivity index is 1.36. The number of methoxy groups -OCH3 is 1. The molecule has 47 heavy (non-hydrogen) atoms. The van der Waals surface area contributed by atoms with Crippen LogP contribution in [0.4, 0.5) is 0 Å². The molecule has 2 aromatic heterocycles. The number of aromatic hydroxyl groups is 1. The summed E-state index contributed by atoms with van der Waals surface area (Å²) in [5.41, 5.74) is -4.22. The van der Waals surface area contributed by atoms with Crippen LogP contribution in [-0.2, 0) is 23.2 Å². The number of phenolic OH excluding ortho intramolecular Hbond substituents is 1. The molecule has 0 radical (unpaired) electrons. The number of hydrogen-bond donors (Lipinski definition) is 5. The fraction of sp³-hybridized carbons (Fsp3) is 0.152. The van der Waals surface area contributed by atoms with E-state index < -0.39 is 82.5 Å². The number of phenols is 1. The fourth-order valence-corrected chi connectivity index (χ4v) is 6.75. The first-order valence-electron chi connectivity index (χ1n) is 14.2. The molecule has 1 aromatic carbocycles. The van der Waals surface area contributed by atoms with Gasteiger partial charge in [-0.1, -0.05) is 12.1 Å². The lowest BCUT2D eigenvalue weighted by Gasteiger charge is -2.27. The number of fused-ring (bicyclic) bond motifs is 4. The van der Waals surface area contributed by atoms with Crippen molar-refractivity contribution in [1.29, 1.82) is 0 Å². The number of aliphatic hydroxyl groups excluding tert-OH is 2. The number of ether oxygens (including phenoxy) is 1. The number of H-pyrrole nitrogens is 1. The van der Waals surface area contributed by atoms with Gasteiger partial charge in [0.05, 0.1) is 45.3 Å². The van der Waals surface area contributed by atoms with Crippen molar-refractivity contribution in [2.75, 3.05) is 7.11 Å². The number of benzene rings is 1. The molecule has 0 saturated heterocycles. The van der Waals surface area contributed by atoms with Gasteiger partial charge in [-0.15, -0.1) is 0 Å². The number of nitrogens with zero attached hydrogens (tertiary/aromatic N) is 2. The second-order valence-electron chi connectivity index (χ2n) is 11.3. The van der Waals surface area contributed by atoms with Crippen molar-refractivity contribution >= 4 is 34.4 Å². The van der Waals surface area contributed by atoms with Gasteiger partial charge in [-0.05, 0) is 29.9 Å². The van der Waals surface area contributed by atoms with Crippen molar-refractivity contribution < 1.29 is 29.4 Å². The molecule has 4 aliphatic rings. The van der Waals surface area contributed by atoms with Gasteiger partial charge in [-0.3, -0.25) is 28.8 Å². The molecule has 2 heterocycles. The summed E-state index contributed by atoms with van der Waals surface area (Å²) in [6, 6.07) is 9.17. The third-order valence-electron chi connectivity index (χ3n) is 8.77. The molecule has 3 aromatic rings. The number of carbonyl (C=O) groups excluding carboxylic acids is 1. The van der Waals surface area contributed by atoms with E-state index in [-0.39, 0.29) is 41.4 Å². The van der Waals surface area contributed by atoms with Gasteiger partial charge in [0.25, 0.3) is 5.56 Å². The van der Waals surface area contributed by atoms with Crippen LogP contribution in [0.3, 0.4) is 0 Å². The van der Waals surface area contributed by atoms with Crippen LogP contribution in [0.15, 0.2) is 77.9 Å². The van der Waals surface area contributed by atoms with E-state index in [0.29, 0.717) is 5.56 Å². The molecule has 0 saturated carbocycles. The van der Waals surface area contributed by atoms with E-state index in [1.807, 2.05) is 6.07 Å². The number of rotatable bonds is 5. The predicted octanol–water partition coefficient (Wildman–Crippen LogP) is -2.05. The number of pyridine rings is 2. The topological polar surface area (TPSA) is 216 Å². The lowest BCUT2D eigenvalue weighted by Crippen LogP contribution is -2.51. The Hall–Kier alpha value is -6.44. The third-order valence-corrected chi connectivity index (χ3v) is 8.77. The molecule has 0 unspecified atom stereocenters. The highest BCUT2D eigenvalue weighted by atomic mass is 16.5. The molecular weight excluding hydrogens is 612 g/mol. The van der Waals surface area contributed by atoms with Crippen LogP contribution < -0.4 is 52.4 Å². The van der Waals surface area contributed by atoms with Crippen molar-refractivity contribution in [2.45, 2.75) is 24.8 Å². The van der Waals surface area contributed by atoms with E-state index in [0.717, 1.165) is 13.2 Å². The van der Waals surface area contributed by atoms with Crippen LogP contribution in [0.1, 0.15) is 23.2 Å². The van der Waals surface area contributed by atoms with E-state index in [9.17, 15) is 44.1 Å². The third kappa shape index (κ3) is 4.04. The molecule has 5 N–H and O–H groups in total. The monoisotopic (exact) mass is 635 g/mol. The Kier molecular flexibility index (Phi) is 6.42. The van der Waals surface area contributed by atoms with Gasteiger partial charge in [0.2, 0.25) is 22.8 Å². The molecule has 7 rings (SSSR count). The average Bonchev–Trinajstić information content (AvgIpc) is 3.53. The van der Waals surface area contributed by atoms with Gasteiger partial charge in [0.1, 0.15) is 22.7 Å². The zero-order valence-electron chi connectivity index (χ0n) is 24.4. The van der Waals surface area contributed by atoms with Crippen LogP contribution in [0.2, 0.25) is 0 Å². The summed E-state index contributed by atoms with van der Waals surface area (Å²) >= 11 is 0. The molecule has 234 valence electrons. The van der Waals surface area contributed by atoms with Crippen molar-refractivity contribution in [1.82, 2.24) is 10.4 Å². The van der Waals surface area contributed by atoms with Gasteiger partial charge >= 0.3 is 5.91 Å². The smallest absolute Gasteiger partial charge is 0.305 e. The number of aromatic nitrogens is 2. The van der Waals surface area contributed by atoms with Crippen LogP contribution >= 0.6 is 0 Å². The molecule has 0 bridgehead atoms. The standard InChI is InChI=1S/C33H22N4O10/c1-47-18-11-17(38)21-22(26(18)40)28(42)24-23(27(21)41)30(44)33(31(24)45)6-5-14-9-15-10-16(35-32(46)20(15)29(43)25(14)33)12-34-36-19(39)13-37-7-3-2-4-8-37/h2-4,7-12H,5-6,13H2,1H3,(H4-,34,35,36,38,39,40,41,42,43,44,45,46)/p+1/t33-/m0/s1. The number of amides is 1. The van der Waals surface area contributed by atoms with Crippen LogP contribution in [0, 0.1) is 10.4 Å². The van der Waals surface area contributed by atoms with Crippen molar-refractivity contribution in [2.24, 2.45) is 5.10 Å². The molecule has 1 spiro atoms. The van der Waals surface area contributed by atoms with Gasteiger partial charge in [-0.25, -0.2) is 5.43 Å². The lowest BCUT2D eigenvalue weighted by atomic mass is 9.78. The molecule has 1 atom stereocenters. The SMILES string of the molecule is COc1cc(=O)c2c(=O)c3c(c(=O)c=2c1=O)=C(O)[C@]1(CCc2cc4cc(/C=N/NC(=O)C[n+]5ccccc5)[nH]c(=O)c4c(O)c21)C=3O. The zero-order valence-corrected chi connectivity index (χ0v) is 24.4. The zero-order chi connectivity index (χ0) is 33.4. The Morgan fingerprint density at radius 2 is 1.64 bits per heavy atom. The van der Waals surface area contributed by atoms with Gasteiger partial charge in [-0.2, -0.15) is 9.67 Å². The number of hydrogen-bond acceptors (Lipinski definition) is 11. The van der Waals surface area contributed by atoms with Crippen molar-refractivity contribution in [3.8, 4) is 11.5 Å². The fourth-order valence-electron chi connectivity index (χ4n) is 6.75. The maximum Gasteiger partial charge on any atom is 0.305 e. The van der Waals surface area contributed by atoms with Crippen LogP contribution in [0.5, 0.6) is 11.5 Å². The second kappa shape index (κ2) is 10.3. The number of aryl methyl sites for hydroxylation is 1. The molecule has 4 aliphatic carbocycles. The summed E-state index contributed by atoms with van der Waals surface area (Å²) in [4.78, 5) is 81.0. The molecule has 14 nitrogen and oxygen atoms in total. The van der Waals surface area contributed by atoms with E-state index >= 15 is 0 Å². The number of aromatic amines is 1. The predicted molar refractivity (Wildman–Crippen MR) is 166 cm³/mol. The molecule has 0 aliphatic heterocycles. The minimum atomic E-state index is -2.00. The Morgan fingerprint density at radius 1 is 0.957 bits per heavy atom. The molecule has 1 amide bonds. The Labute approximate surface area is 260 Å². The summed E-state index contributed by atoms with van der Waals surface area (Å²) < 4.78 is 6.54. The second-order valence-corrected chi connectivity index (χ2v) is 11.3. The first-order valence-corrected chi connectivity index (χ1v) is 14.2. The van der Waals surface area contributed by atoms with E-state index in [1.54, 1.807) is 35.2 Å². The van der Waals surface area contributed by atoms with E-state index in [2.05, 4.69) is 15.5 Å². The highest BCUT2D eigenvalue weighted by Crippen LogP contribution is 2.54. The highest BCUT2D eigenvalue weighted by Gasteiger charge is 2.53. The van der Waals surface area contributed by atoms with Gasteiger partial charge in [0.15, 0.2) is 23.6 Å². The summed E-state index contributed by atoms with van der Waals surface area (Å²) in [5, 5.41) is 35.8. The number of aliphatic hydroxyl groups is 2. The maximum atomic E-state index is 13.6. The van der Waals surface area contributed by atoms with E-state index in [4.69, 9.17) is 4.74 Å². The quantitative estimate of drug-likeness (QED) is 0.0809. The maximum absolute atomic E-state index is 13.6.